The number of rotatable bonds is 6. The largest absolute Gasteiger partial charge is 0.497 e. The van der Waals surface area contributed by atoms with Gasteiger partial charge in [0.1, 0.15) is 23.0 Å². The van der Waals surface area contributed by atoms with Crippen LogP contribution < -0.4 is 18.9 Å². The predicted molar refractivity (Wildman–Crippen MR) is 169 cm³/mol. The number of benzene rings is 6. The highest BCUT2D eigenvalue weighted by Gasteiger charge is 2.27. The molecule has 0 bridgehead atoms. The zero-order valence-corrected chi connectivity index (χ0v) is 23.8. The summed E-state index contributed by atoms with van der Waals surface area (Å²) >= 11 is 0. The molecule has 206 valence electrons. The van der Waals surface area contributed by atoms with Crippen molar-refractivity contribution in [3.63, 3.8) is 0 Å². The molecule has 6 nitrogen and oxygen atoms in total. The molecule has 0 saturated heterocycles. The van der Waals surface area contributed by atoms with E-state index in [0.717, 1.165) is 56.4 Å². The van der Waals surface area contributed by atoms with Crippen LogP contribution in [-0.4, -0.2) is 37.6 Å². The summed E-state index contributed by atoms with van der Waals surface area (Å²) in [5.74, 6) is 2.96. The van der Waals surface area contributed by atoms with Gasteiger partial charge < -0.3 is 28.1 Å². The standard InChI is InChI=1S/C36H28N2O4/c1-39-25-15-23(16-26(19-25)40-2)37-29-9-5-7-21-12-14-32-36(33(21)29)35-31(37)13-11-22-8-6-10-30(34(22)35)38(32)24-17-27(41-3)20-28(18-24)42-4/h5-20H,1-4H3. The van der Waals surface area contributed by atoms with Crippen LogP contribution in [0.1, 0.15) is 0 Å². The molecule has 0 aliphatic carbocycles. The maximum atomic E-state index is 5.68. The Bertz CT molecular complexity index is 2050. The van der Waals surface area contributed by atoms with Crippen LogP contribution in [0.2, 0.25) is 0 Å². The SMILES string of the molecule is COc1cc(OC)cc(-n2c3ccc4cccc5c4c3-c3c4c(cccc42)ccc3n5-c2cc(OC)cc(OC)c2)c1. The summed E-state index contributed by atoms with van der Waals surface area (Å²) < 4.78 is 27.4. The maximum Gasteiger partial charge on any atom is 0.124 e. The van der Waals surface area contributed by atoms with Crippen LogP contribution in [0.4, 0.5) is 0 Å². The summed E-state index contributed by atoms with van der Waals surface area (Å²) in [5, 5.41) is 4.75. The van der Waals surface area contributed by atoms with E-state index in [1.165, 1.54) is 32.7 Å². The van der Waals surface area contributed by atoms with Crippen molar-refractivity contribution >= 4 is 43.6 Å². The number of pyridine rings is 2. The van der Waals surface area contributed by atoms with Gasteiger partial charge in [-0.15, -0.1) is 0 Å². The first-order chi connectivity index (χ1) is 20.6. The highest BCUT2D eigenvalue weighted by Crippen LogP contribution is 2.50. The Hall–Kier alpha value is -5.36. The van der Waals surface area contributed by atoms with Crippen LogP contribution in [0.25, 0.3) is 66.1 Å². The summed E-state index contributed by atoms with van der Waals surface area (Å²) in [7, 11) is 6.74. The number of ether oxygens (including phenoxy) is 4. The summed E-state index contributed by atoms with van der Waals surface area (Å²) in [4.78, 5) is 0. The van der Waals surface area contributed by atoms with E-state index in [9.17, 15) is 0 Å². The average molecular weight is 553 g/mol. The monoisotopic (exact) mass is 552 g/mol. The smallest absolute Gasteiger partial charge is 0.124 e. The molecule has 2 heterocycles. The second kappa shape index (κ2) is 9.08. The van der Waals surface area contributed by atoms with Crippen LogP contribution >= 0.6 is 0 Å². The van der Waals surface area contributed by atoms with E-state index in [-0.39, 0.29) is 0 Å². The van der Waals surface area contributed by atoms with Gasteiger partial charge in [0.2, 0.25) is 0 Å². The van der Waals surface area contributed by atoms with Crippen molar-refractivity contribution in [2.24, 2.45) is 0 Å². The average Bonchev–Trinajstić information content (AvgIpc) is 3.05. The molecule has 0 spiro atoms. The topological polar surface area (TPSA) is 46.8 Å². The fourth-order valence-electron chi connectivity index (χ4n) is 6.61. The summed E-state index contributed by atoms with van der Waals surface area (Å²) in [6.45, 7) is 0. The van der Waals surface area contributed by atoms with Crippen molar-refractivity contribution in [3.05, 3.63) is 97.1 Å². The molecular weight excluding hydrogens is 524 g/mol. The number of hydrogen-bond acceptors (Lipinski definition) is 4. The van der Waals surface area contributed by atoms with Crippen molar-refractivity contribution in [1.29, 1.82) is 0 Å². The van der Waals surface area contributed by atoms with E-state index in [0.29, 0.717) is 0 Å². The summed E-state index contributed by atoms with van der Waals surface area (Å²) in [5.41, 5.74) is 8.82. The Morgan fingerprint density at radius 1 is 0.405 bits per heavy atom. The van der Waals surface area contributed by atoms with Gasteiger partial charge >= 0.3 is 0 Å². The van der Waals surface area contributed by atoms with Crippen LogP contribution in [-0.2, 0) is 0 Å². The molecular formula is C36H28N2O4. The Morgan fingerprint density at radius 2 is 0.786 bits per heavy atom. The molecule has 0 amide bonds. The van der Waals surface area contributed by atoms with Crippen LogP contribution in [0.5, 0.6) is 23.0 Å². The number of hydrogen-bond donors (Lipinski definition) is 0. The lowest BCUT2D eigenvalue weighted by atomic mass is 9.87. The molecule has 0 atom stereocenters. The summed E-state index contributed by atoms with van der Waals surface area (Å²) in [6, 6.07) is 34.0. The zero-order valence-electron chi connectivity index (χ0n) is 23.8. The molecule has 6 aromatic carbocycles. The normalized spacial score (nSPS) is 11.8. The molecule has 0 radical (unpaired) electrons. The number of aromatic nitrogens is 2. The fraction of sp³-hybridized carbons (Fsp3) is 0.111. The first kappa shape index (κ1) is 24.4. The van der Waals surface area contributed by atoms with Crippen LogP contribution in [0.3, 0.4) is 0 Å². The van der Waals surface area contributed by atoms with Gasteiger partial charge in [-0.25, -0.2) is 0 Å². The first-order valence-corrected chi connectivity index (χ1v) is 13.8. The van der Waals surface area contributed by atoms with E-state index in [4.69, 9.17) is 18.9 Å². The van der Waals surface area contributed by atoms with Crippen molar-refractivity contribution in [2.45, 2.75) is 0 Å². The minimum atomic E-state index is 0.740. The minimum absolute atomic E-state index is 0.740. The van der Waals surface area contributed by atoms with Crippen LogP contribution in [0.15, 0.2) is 97.1 Å². The highest BCUT2D eigenvalue weighted by atomic mass is 16.5. The third-order valence-corrected chi connectivity index (χ3v) is 8.41. The molecule has 0 aromatic heterocycles. The van der Waals surface area contributed by atoms with Gasteiger partial charge in [-0.3, -0.25) is 0 Å². The van der Waals surface area contributed by atoms with Gasteiger partial charge in [0.15, 0.2) is 0 Å². The Morgan fingerprint density at radius 3 is 1.14 bits per heavy atom. The maximum absolute atomic E-state index is 5.68. The van der Waals surface area contributed by atoms with Crippen molar-refractivity contribution in [1.82, 2.24) is 9.13 Å². The lowest BCUT2D eigenvalue weighted by Gasteiger charge is -2.29. The minimum Gasteiger partial charge on any atom is -0.497 e. The van der Waals surface area contributed by atoms with Crippen molar-refractivity contribution in [3.8, 4) is 45.5 Å². The Kier molecular flexibility index (Phi) is 5.28. The molecule has 0 N–H and O–H groups in total. The zero-order chi connectivity index (χ0) is 28.5. The Labute approximate surface area is 242 Å². The molecule has 6 aromatic rings. The van der Waals surface area contributed by atoms with E-state index in [1.54, 1.807) is 28.4 Å². The quantitative estimate of drug-likeness (QED) is 0.153. The first-order valence-electron chi connectivity index (χ1n) is 13.8. The number of nitrogens with zero attached hydrogens (tertiary/aromatic N) is 2. The molecule has 6 heteroatoms. The van der Waals surface area contributed by atoms with E-state index >= 15 is 0 Å². The third-order valence-electron chi connectivity index (χ3n) is 8.41. The van der Waals surface area contributed by atoms with E-state index < -0.39 is 0 Å². The van der Waals surface area contributed by atoms with Gasteiger partial charge in [-0.2, -0.15) is 0 Å². The Balaban J connectivity index is 1.62. The van der Waals surface area contributed by atoms with Gasteiger partial charge in [0.05, 0.1) is 61.9 Å². The van der Waals surface area contributed by atoms with Crippen molar-refractivity contribution in [2.75, 3.05) is 28.4 Å². The molecule has 42 heavy (non-hydrogen) atoms. The van der Waals surface area contributed by atoms with Crippen molar-refractivity contribution < 1.29 is 18.9 Å². The van der Waals surface area contributed by atoms with E-state index in [1.807, 2.05) is 12.1 Å². The highest BCUT2D eigenvalue weighted by molar-refractivity contribution is 6.26. The molecule has 0 fully saturated rings. The van der Waals surface area contributed by atoms with Gasteiger partial charge in [-0.1, -0.05) is 36.4 Å². The van der Waals surface area contributed by atoms with Gasteiger partial charge in [-0.05, 0) is 35.0 Å². The molecule has 2 aliphatic heterocycles. The molecule has 2 aliphatic rings. The van der Waals surface area contributed by atoms with E-state index in [2.05, 4.69) is 94.1 Å². The van der Waals surface area contributed by atoms with Gasteiger partial charge in [0, 0.05) is 58.3 Å². The molecule has 0 unspecified atom stereocenters. The molecule has 0 saturated carbocycles. The molecule has 8 rings (SSSR count). The fourth-order valence-corrected chi connectivity index (χ4v) is 6.61. The van der Waals surface area contributed by atoms with Gasteiger partial charge in [0.25, 0.3) is 0 Å². The number of methoxy groups -OCH3 is 4. The second-order valence-corrected chi connectivity index (χ2v) is 10.5. The lowest BCUT2D eigenvalue weighted by Crippen LogP contribution is -2.10. The predicted octanol–water partition coefficient (Wildman–Crippen LogP) is 8.46. The summed E-state index contributed by atoms with van der Waals surface area (Å²) in [6.07, 6.45) is 0. The third kappa shape index (κ3) is 3.32. The lowest BCUT2D eigenvalue weighted by molar-refractivity contribution is 0.394. The second-order valence-electron chi connectivity index (χ2n) is 10.5. The van der Waals surface area contributed by atoms with Crippen LogP contribution in [0, 0.1) is 0 Å².